The number of benzene rings is 1. The fraction of sp³-hybridized carbons (Fsp3) is 0.500. The molecule has 1 aromatic carbocycles. The molecule has 0 aliphatic carbocycles. The van der Waals surface area contributed by atoms with Gasteiger partial charge in [-0.15, -0.1) is 0 Å². The summed E-state index contributed by atoms with van der Waals surface area (Å²) in [7, 11) is -1.45. The van der Waals surface area contributed by atoms with Gasteiger partial charge in [-0.3, -0.25) is 4.79 Å². The van der Waals surface area contributed by atoms with Crippen LogP contribution in [0.2, 0.25) is 0 Å². The summed E-state index contributed by atoms with van der Waals surface area (Å²) < 4.78 is 39.1. The molecule has 9 heteroatoms. The summed E-state index contributed by atoms with van der Waals surface area (Å²) in [6.07, 6.45) is 2.16. The lowest BCUT2D eigenvalue weighted by Crippen LogP contribution is -2.21. The Labute approximate surface area is 146 Å². The predicted octanol–water partition coefficient (Wildman–Crippen LogP) is 0.741. The molecule has 0 radical (unpaired) electrons. The number of sulfone groups is 1. The number of rotatable bonds is 5. The normalized spacial score (nSPS) is 21.2. The van der Waals surface area contributed by atoms with E-state index in [1.165, 1.54) is 13.3 Å². The minimum atomic E-state index is -2.98. The van der Waals surface area contributed by atoms with Gasteiger partial charge in [0, 0.05) is 12.0 Å². The Morgan fingerprint density at radius 3 is 2.92 bits per heavy atom. The third-order valence-electron chi connectivity index (χ3n) is 4.05. The first kappa shape index (κ1) is 17.5. The highest BCUT2D eigenvalue weighted by Crippen LogP contribution is 2.39. The topological polar surface area (TPSA) is 103 Å². The summed E-state index contributed by atoms with van der Waals surface area (Å²) in [5, 5.41) is 3.92. The average Bonchev–Trinajstić information content (AvgIpc) is 2.92. The van der Waals surface area contributed by atoms with Gasteiger partial charge in [-0.2, -0.15) is 5.10 Å². The van der Waals surface area contributed by atoms with Crippen LogP contribution in [-0.2, 0) is 14.6 Å². The van der Waals surface area contributed by atoms with Crippen molar-refractivity contribution < 1.29 is 27.4 Å². The summed E-state index contributed by atoms with van der Waals surface area (Å²) in [6, 6.07) is 3.48. The number of hydrazone groups is 1. The van der Waals surface area contributed by atoms with E-state index in [-0.39, 0.29) is 29.8 Å². The molecule has 0 aromatic heterocycles. The number of methoxy groups -OCH3 is 1. The maximum Gasteiger partial charge on any atom is 0.240 e. The highest BCUT2D eigenvalue weighted by Gasteiger charge is 2.29. The van der Waals surface area contributed by atoms with Crippen molar-refractivity contribution in [2.24, 2.45) is 11.0 Å². The van der Waals surface area contributed by atoms with Crippen molar-refractivity contribution in [3.05, 3.63) is 17.7 Å². The zero-order valence-electron chi connectivity index (χ0n) is 13.9. The summed E-state index contributed by atoms with van der Waals surface area (Å²) in [6.45, 7) is 0.918. The highest BCUT2D eigenvalue weighted by molar-refractivity contribution is 7.91. The van der Waals surface area contributed by atoms with Crippen LogP contribution in [-0.4, -0.2) is 52.4 Å². The van der Waals surface area contributed by atoms with E-state index < -0.39 is 9.84 Å². The molecule has 0 bridgehead atoms. The van der Waals surface area contributed by atoms with E-state index >= 15 is 0 Å². The van der Waals surface area contributed by atoms with Gasteiger partial charge >= 0.3 is 0 Å². The molecule has 8 nitrogen and oxygen atoms in total. The Kier molecular flexibility index (Phi) is 5.12. The number of carbonyl (C=O) groups excluding carboxylic acids is 1. The molecule has 2 heterocycles. The van der Waals surface area contributed by atoms with Crippen LogP contribution in [0.25, 0.3) is 0 Å². The second-order valence-electron chi connectivity index (χ2n) is 6.01. The lowest BCUT2D eigenvalue weighted by molar-refractivity contribution is -0.121. The number of hydrogen-bond donors (Lipinski definition) is 1. The Morgan fingerprint density at radius 2 is 2.20 bits per heavy atom. The quantitative estimate of drug-likeness (QED) is 0.607. The summed E-state index contributed by atoms with van der Waals surface area (Å²) in [5.74, 6) is 1.44. The van der Waals surface area contributed by atoms with Gasteiger partial charge < -0.3 is 14.2 Å². The molecule has 0 spiro atoms. The first-order valence-corrected chi connectivity index (χ1v) is 9.79. The lowest BCUT2D eigenvalue weighted by Gasteiger charge is -2.20. The predicted molar refractivity (Wildman–Crippen MR) is 91.1 cm³/mol. The van der Waals surface area contributed by atoms with Gasteiger partial charge in [0.2, 0.25) is 11.7 Å². The van der Waals surface area contributed by atoms with E-state index in [2.05, 4.69) is 10.5 Å². The van der Waals surface area contributed by atoms with Crippen molar-refractivity contribution >= 4 is 22.0 Å². The number of amides is 1. The smallest absolute Gasteiger partial charge is 0.240 e. The molecule has 0 unspecified atom stereocenters. The van der Waals surface area contributed by atoms with Crippen molar-refractivity contribution in [3.63, 3.8) is 0 Å². The summed E-state index contributed by atoms with van der Waals surface area (Å²) >= 11 is 0. The van der Waals surface area contributed by atoms with Gasteiger partial charge in [-0.1, -0.05) is 0 Å². The van der Waals surface area contributed by atoms with Gasteiger partial charge in [0.05, 0.1) is 24.8 Å². The minimum Gasteiger partial charge on any atom is -0.493 e. The summed E-state index contributed by atoms with van der Waals surface area (Å²) in [5.41, 5.74) is 3.11. The van der Waals surface area contributed by atoms with Crippen LogP contribution in [0.15, 0.2) is 17.2 Å². The van der Waals surface area contributed by atoms with E-state index in [0.29, 0.717) is 42.4 Å². The number of carbonyl (C=O) groups is 1. The van der Waals surface area contributed by atoms with Gasteiger partial charge in [0.1, 0.15) is 13.2 Å². The van der Waals surface area contributed by atoms with Crippen LogP contribution < -0.4 is 19.6 Å². The molecule has 1 aromatic rings. The molecule has 0 saturated carbocycles. The van der Waals surface area contributed by atoms with Crippen LogP contribution in [0.5, 0.6) is 17.2 Å². The third-order valence-corrected chi connectivity index (χ3v) is 5.89. The molecule has 1 fully saturated rings. The fourth-order valence-corrected chi connectivity index (χ4v) is 4.75. The molecule has 136 valence electrons. The number of hydrogen-bond acceptors (Lipinski definition) is 7. The van der Waals surface area contributed by atoms with Crippen molar-refractivity contribution in [2.45, 2.75) is 12.8 Å². The molecule has 3 rings (SSSR count). The molecule has 1 amide bonds. The first-order valence-electron chi connectivity index (χ1n) is 7.97. The largest absolute Gasteiger partial charge is 0.493 e. The monoisotopic (exact) mass is 368 g/mol. The van der Waals surface area contributed by atoms with E-state index in [4.69, 9.17) is 14.2 Å². The fourth-order valence-electron chi connectivity index (χ4n) is 2.89. The maximum atomic E-state index is 11.9. The molecule has 1 atom stereocenters. The Hall–Kier alpha value is -2.29. The maximum absolute atomic E-state index is 11.9. The molecule has 2 aliphatic heterocycles. The van der Waals surface area contributed by atoms with Crippen LogP contribution in [0.3, 0.4) is 0 Å². The van der Waals surface area contributed by atoms with Crippen LogP contribution >= 0.6 is 0 Å². The van der Waals surface area contributed by atoms with Crippen molar-refractivity contribution in [2.75, 3.05) is 31.8 Å². The average molecular weight is 368 g/mol. The molecule has 1 N–H and O–H groups in total. The van der Waals surface area contributed by atoms with Gasteiger partial charge in [-0.05, 0) is 24.5 Å². The van der Waals surface area contributed by atoms with E-state index in [1.807, 2.05) is 0 Å². The number of nitrogens with one attached hydrogen (secondary N) is 1. The van der Waals surface area contributed by atoms with Gasteiger partial charge in [0.25, 0.3) is 0 Å². The SMILES string of the molecule is COc1cc(/C=N\NC(=O)C[C@H]2CCS(=O)(=O)C2)cc2c1OCCO2. The molecule has 1 saturated heterocycles. The molecule has 25 heavy (non-hydrogen) atoms. The third kappa shape index (κ3) is 4.41. The Balaban J connectivity index is 1.59. The first-order chi connectivity index (χ1) is 12.0. The van der Waals surface area contributed by atoms with Crippen molar-refractivity contribution in [3.8, 4) is 17.2 Å². The Bertz CT molecular complexity index is 773. The van der Waals surface area contributed by atoms with E-state index in [1.54, 1.807) is 12.1 Å². The molecule has 2 aliphatic rings. The van der Waals surface area contributed by atoms with Crippen LogP contribution in [0.1, 0.15) is 18.4 Å². The Morgan fingerprint density at radius 1 is 1.40 bits per heavy atom. The molecular formula is C16H20N2O6S. The van der Waals surface area contributed by atoms with Gasteiger partial charge in [0.15, 0.2) is 21.3 Å². The number of ether oxygens (including phenoxy) is 3. The lowest BCUT2D eigenvalue weighted by atomic mass is 10.1. The highest BCUT2D eigenvalue weighted by atomic mass is 32.2. The van der Waals surface area contributed by atoms with Crippen molar-refractivity contribution in [1.82, 2.24) is 5.43 Å². The minimum absolute atomic E-state index is 0.0729. The van der Waals surface area contributed by atoms with Crippen LogP contribution in [0, 0.1) is 5.92 Å². The zero-order chi connectivity index (χ0) is 17.9. The number of fused-ring (bicyclic) bond motifs is 1. The van der Waals surface area contributed by atoms with Crippen molar-refractivity contribution in [1.29, 1.82) is 0 Å². The summed E-state index contributed by atoms with van der Waals surface area (Å²) in [4.78, 5) is 11.9. The van der Waals surface area contributed by atoms with Gasteiger partial charge in [-0.25, -0.2) is 13.8 Å². The van der Waals surface area contributed by atoms with Crippen LogP contribution in [0.4, 0.5) is 0 Å². The molecular weight excluding hydrogens is 348 g/mol. The number of nitrogens with zero attached hydrogens (tertiary/aromatic N) is 1. The van der Waals surface area contributed by atoms with E-state index in [9.17, 15) is 13.2 Å². The van der Waals surface area contributed by atoms with E-state index in [0.717, 1.165) is 0 Å². The zero-order valence-corrected chi connectivity index (χ0v) is 14.7. The second-order valence-corrected chi connectivity index (χ2v) is 8.24. The standard InChI is InChI=1S/C16H20N2O6S/c1-22-13-6-12(7-14-16(13)24-4-3-23-14)9-17-18-15(19)8-11-2-5-25(20,21)10-11/h6-7,9,11H,2-5,8,10H2,1H3,(H,18,19)/b17-9-/t11-/m1/s1. The second kappa shape index (κ2) is 7.30.